The van der Waals surface area contributed by atoms with Crippen molar-refractivity contribution in [1.29, 1.82) is 0 Å². The number of hydrogen-bond acceptors (Lipinski definition) is 5. The van der Waals surface area contributed by atoms with Crippen molar-refractivity contribution < 1.29 is 13.2 Å². The first-order chi connectivity index (χ1) is 14.4. The second-order valence-electron chi connectivity index (χ2n) is 6.65. The van der Waals surface area contributed by atoms with Gasteiger partial charge in [-0.05, 0) is 61.5 Å². The molecule has 1 aromatic heterocycles. The molecule has 4 rings (SSSR count). The third-order valence-corrected chi connectivity index (χ3v) is 6.07. The van der Waals surface area contributed by atoms with Crippen LogP contribution in [0, 0.1) is 6.92 Å². The van der Waals surface area contributed by atoms with Crippen LogP contribution < -0.4 is 15.0 Å². The zero-order valence-corrected chi connectivity index (χ0v) is 17.2. The number of nitrogens with zero attached hydrogens (tertiary/aromatic N) is 2. The number of methoxy groups -OCH3 is 1. The van der Waals surface area contributed by atoms with E-state index in [0.717, 1.165) is 0 Å². The van der Waals surface area contributed by atoms with Crippen LogP contribution in [-0.4, -0.2) is 25.1 Å². The standard InChI is InChI=1S/C22H19N3O4S/c1-15-23-21-9-4-3-8-20(21)22(26)25(15)17-7-5-6-16(14-17)24-30(27,28)19-12-10-18(29-2)11-13-19/h3-14,24H,1-2H3. The number of aromatic nitrogens is 2. The molecule has 0 saturated carbocycles. The minimum atomic E-state index is -3.80. The van der Waals surface area contributed by atoms with Crippen LogP contribution in [0.4, 0.5) is 5.69 Å². The summed E-state index contributed by atoms with van der Waals surface area (Å²) in [5.74, 6) is 1.07. The Labute approximate surface area is 173 Å². The minimum absolute atomic E-state index is 0.106. The Morgan fingerprint density at radius 3 is 2.43 bits per heavy atom. The van der Waals surface area contributed by atoms with Crippen LogP contribution in [0.15, 0.2) is 82.5 Å². The first kappa shape index (κ1) is 19.7. The number of sulfonamides is 1. The quantitative estimate of drug-likeness (QED) is 0.533. The summed E-state index contributed by atoms with van der Waals surface area (Å²) < 4.78 is 34.5. The van der Waals surface area contributed by atoms with Crippen molar-refractivity contribution in [2.24, 2.45) is 0 Å². The molecule has 0 saturated heterocycles. The number of hydrogen-bond donors (Lipinski definition) is 1. The summed E-state index contributed by atoms with van der Waals surface area (Å²) in [6.45, 7) is 1.74. The van der Waals surface area contributed by atoms with Crippen molar-refractivity contribution in [2.45, 2.75) is 11.8 Å². The molecule has 0 atom stereocenters. The Hall–Kier alpha value is -3.65. The van der Waals surface area contributed by atoms with Gasteiger partial charge in [-0.1, -0.05) is 18.2 Å². The lowest BCUT2D eigenvalue weighted by Gasteiger charge is -2.13. The van der Waals surface area contributed by atoms with Gasteiger partial charge in [-0.15, -0.1) is 0 Å². The first-order valence-corrected chi connectivity index (χ1v) is 10.6. The fourth-order valence-electron chi connectivity index (χ4n) is 3.23. The highest BCUT2D eigenvalue weighted by Gasteiger charge is 2.15. The van der Waals surface area contributed by atoms with Gasteiger partial charge in [-0.3, -0.25) is 14.1 Å². The fourth-order valence-corrected chi connectivity index (χ4v) is 4.27. The van der Waals surface area contributed by atoms with Crippen molar-refractivity contribution >= 4 is 26.6 Å². The monoisotopic (exact) mass is 421 g/mol. The van der Waals surface area contributed by atoms with Crippen molar-refractivity contribution in [3.05, 3.63) is 89.0 Å². The fraction of sp³-hybridized carbons (Fsp3) is 0.0909. The highest BCUT2D eigenvalue weighted by molar-refractivity contribution is 7.92. The number of nitrogens with one attached hydrogen (secondary N) is 1. The van der Waals surface area contributed by atoms with Gasteiger partial charge >= 0.3 is 0 Å². The summed E-state index contributed by atoms with van der Waals surface area (Å²) in [6.07, 6.45) is 0. The largest absolute Gasteiger partial charge is 0.497 e. The Morgan fingerprint density at radius 1 is 0.967 bits per heavy atom. The van der Waals surface area contributed by atoms with Gasteiger partial charge in [0.05, 0.1) is 34.3 Å². The molecule has 4 aromatic rings. The molecule has 30 heavy (non-hydrogen) atoms. The molecule has 0 spiro atoms. The minimum Gasteiger partial charge on any atom is -0.497 e. The Bertz CT molecular complexity index is 1390. The average Bonchev–Trinajstić information content (AvgIpc) is 2.74. The van der Waals surface area contributed by atoms with E-state index in [0.29, 0.717) is 33.9 Å². The SMILES string of the molecule is COc1ccc(S(=O)(=O)Nc2cccc(-n3c(C)nc4ccccc4c3=O)c2)cc1. The Kier molecular flexibility index (Phi) is 5.01. The zero-order chi connectivity index (χ0) is 21.3. The summed E-state index contributed by atoms with van der Waals surface area (Å²) in [7, 11) is -2.29. The van der Waals surface area contributed by atoms with Crippen molar-refractivity contribution in [1.82, 2.24) is 9.55 Å². The summed E-state index contributed by atoms with van der Waals surface area (Å²) >= 11 is 0. The van der Waals surface area contributed by atoms with Crippen molar-refractivity contribution in [2.75, 3.05) is 11.8 Å². The lowest BCUT2D eigenvalue weighted by Crippen LogP contribution is -2.22. The summed E-state index contributed by atoms with van der Waals surface area (Å²) in [5.41, 5.74) is 1.26. The number of para-hydroxylation sites is 1. The molecule has 0 aliphatic heterocycles. The van der Waals surface area contributed by atoms with Crippen molar-refractivity contribution in [3.8, 4) is 11.4 Å². The van der Waals surface area contributed by atoms with Crippen molar-refractivity contribution in [3.63, 3.8) is 0 Å². The molecule has 152 valence electrons. The van der Waals surface area contributed by atoms with Gasteiger partial charge in [-0.25, -0.2) is 13.4 Å². The maximum absolute atomic E-state index is 13.0. The second kappa shape index (κ2) is 7.64. The van der Waals surface area contributed by atoms with Crippen LogP contribution in [0.5, 0.6) is 5.75 Å². The van der Waals surface area contributed by atoms with E-state index in [9.17, 15) is 13.2 Å². The molecule has 8 heteroatoms. The van der Waals surface area contributed by atoms with Crippen LogP contribution in [0.1, 0.15) is 5.82 Å². The molecule has 0 aliphatic rings. The van der Waals surface area contributed by atoms with Crippen LogP contribution >= 0.6 is 0 Å². The summed E-state index contributed by atoms with van der Waals surface area (Å²) in [6, 6.07) is 19.8. The predicted octanol–water partition coefficient (Wildman–Crippen LogP) is 3.50. The molecule has 0 aliphatic carbocycles. The normalized spacial score (nSPS) is 11.4. The highest BCUT2D eigenvalue weighted by Crippen LogP contribution is 2.21. The number of aryl methyl sites for hydroxylation is 1. The van der Waals surface area contributed by atoms with E-state index in [1.807, 2.05) is 6.07 Å². The van der Waals surface area contributed by atoms with Crippen LogP contribution in [0.2, 0.25) is 0 Å². The van der Waals surface area contributed by atoms with Gasteiger partial charge in [0.1, 0.15) is 11.6 Å². The van der Waals surface area contributed by atoms with Gasteiger partial charge in [0.2, 0.25) is 0 Å². The maximum Gasteiger partial charge on any atom is 0.265 e. The van der Waals surface area contributed by atoms with Gasteiger partial charge in [0, 0.05) is 0 Å². The number of anilines is 1. The first-order valence-electron chi connectivity index (χ1n) is 9.15. The highest BCUT2D eigenvalue weighted by atomic mass is 32.2. The molecule has 0 unspecified atom stereocenters. The molecule has 1 heterocycles. The van der Waals surface area contributed by atoms with Gasteiger partial charge in [0.15, 0.2) is 0 Å². The van der Waals surface area contributed by atoms with E-state index >= 15 is 0 Å². The lowest BCUT2D eigenvalue weighted by atomic mass is 10.2. The Morgan fingerprint density at radius 2 is 1.70 bits per heavy atom. The van der Waals surface area contributed by atoms with Crippen LogP contribution in [0.3, 0.4) is 0 Å². The van der Waals surface area contributed by atoms with Gasteiger partial charge in [0.25, 0.3) is 15.6 Å². The number of benzene rings is 3. The molecule has 0 radical (unpaired) electrons. The van der Waals surface area contributed by atoms with E-state index in [2.05, 4.69) is 9.71 Å². The Balaban J connectivity index is 1.73. The second-order valence-corrected chi connectivity index (χ2v) is 8.33. The van der Waals surface area contributed by atoms with Crippen LogP contribution in [0.25, 0.3) is 16.6 Å². The van der Waals surface area contributed by atoms with Gasteiger partial charge < -0.3 is 4.74 Å². The number of rotatable bonds is 5. The third kappa shape index (κ3) is 3.65. The van der Waals surface area contributed by atoms with E-state index < -0.39 is 10.0 Å². The van der Waals surface area contributed by atoms with Gasteiger partial charge in [-0.2, -0.15) is 0 Å². The average molecular weight is 421 g/mol. The number of ether oxygens (including phenoxy) is 1. The van der Waals surface area contributed by atoms with E-state index in [-0.39, 0.29) is 10.5 Å². The van der Waals surface area contributed by atoms with E-state index in [1.54, 1.807) is 61.5 Å². The topological polar surface area (TPSA) is 90.3 Å². The predicted molar refractivity (Wildman–Crippen MR) is 116 cm³/mol. The molecule has 7 nitrogen and oxygen atoms in total. The summed E-state index contributed by atoms with van der Waals surface area (Å²) in [4.78, 5) is 17.6. The molecule has 1 N–H and O–H groups in total. The molecule has 0 fully saturated rings. The smallest absolute Gasteiger partial charge is 0.265 e. The summed E-state index contributed by atoms with van der Waals surface area (Å²) in [5, 5.41) is 0.493. The lowest BCUT2D eigenvalue weighted by molar-refractivity contribution is 0.414. The molecular formula is C22H19N3O4S. The maximum atomic E-state index is 13.0. The molecular weight excluding hydrogens is 402 g/mol. The number of fused-ring (bicyclic) bond motifs is 1. The molecule has 0 amide bonds. The molecule has 3 aromatic carbocycles. The van der Waals surface area contributed by atoms with E-state index in [1.165, 1.54) is 23.8 Å². The third-order valence-electron chi connectivity index (χ3n) is 4.67. The van der Waals surface area contributed by atoms with E-state index in [4.69, 9.17) is 4.74 Å². The molecule has 0 bridgehead atoms. The van der Waals surface area contributed by atoms with Crippen LogP contribution in [-0.2, 0) is 10.0 Å². The zero-order valence-electron chi connectivity index (χ0n) is 16.4.